The second-order valence-electron chi connectivity index (χ2n) is 11.6. The third kappa shape index (κ3) is 6.87. The molecule has 0 aliphatic carbocycles. The van der Waals surface area contributed by atoms with Crippen LogP contribution in [0.5, 0.6) is 17.2 Å². The number of carbonyl (C=O) groups is 2. The van der Waals surface area contributed by atoms with E-state index < -0.39 is 0 Å². The zero-order chi connectivity index (χ0) is 32.2. The number of benzene rings is 3. The molecule has 2 N–H and O–H groups in total. The van der Waals surface area contributed by atoms with Crippen LogP contribution < -0.4 is 19.9 Å². The average Bonchev–Trinajstić information content (AvgIpc) is 3.83. The minimum Gasteiger partial charge on any atom is -0.492 e. The molecule has 0 radical (unpaired) electrons. The number of rotatable bonds is 3. The molecule has 0 saturated heterocycles. The first-order valence-corrected chi connectivity index (χ1v) is 16.7. The Hall–Kier alpha value is -5.10. The SMILES string of the molecule is Nc1nc2cccc(C(=O)N3CCCCN(C(=O)Cc4ccc5c(c4)OCO5)CCOc4cccc(c4)-c4nccn4CCC3)c2s1. The van der Waals surface area contributed by atoms with Crippen molar-refractivity contribution < 1.29 is 23.8 Å². The van der Waals surface area contributed by atoms with Crippen molar-refractivity contribution in [1.29, 1.82) is 0 Å². The number of imidazole rings is 1. The molecule has 2 bridgehead atoms. The Morgan fingerprint density at radius 2 is 1.68 bits per heavy atom. The molecule has 0 unspecified atom stereocenters. The van der Waals surface area contributed by atoms with Gasteiger partial charge in [-0.05, 0) is 61.2 Å². The van der Waals surface area contributed by atoms with Crippen LogP contribution in [0.1, 0.15) is 35.2 Å². The van der Waals surface area contributed by atoms with E-state index in [1.165, 1.54) is 11.3 Å². The Labute approximate surface area is 276 Å². The third-order valence-electron chi connectivity index (χ3n) is 8.46. The van der Waals surface area contributed by atoms with Gasteiger partial charge in [0.1, 0.15) is 18.2 Å². The van der Waals surface area contributed by atoms with E-state index >= 15 is 0 Å². The van der Waals surface area contributed by atoms with E-state index in [-0.39, 0.29) is 25.0 Å². The van der Waals surface area contributed by atoms with Gasteiger partial charge in [-0.3, -0.25) is 9.59 Å². The highest BCUT2D eigenvalue weighted by molar-refractivity contribution is 7.22. The molecule has 0 fully saturated rings. The van der Waals surface area contributed by atoms with Crippen molar-refractivity contribution in [2.45, 2.75) is 32.2 Å². The lowest BCUT2D eigenvalue weighted by molar-refractivity contribution is -0.131. The molecule has 12 heteroatoms. The van der Waals surface area contributed by atoms with Crippen molar-refractivity contribution in [2.24, 2.45) is 0 Å². The number of hydrogen-bond donors (Lipinski definition) is 1. The van der Waals surface area contributed by atoms with Crippen LogP contribution in [0.2, 0.25) is 0 Å². The molecule has 0 atom stereocenters. The van der Waals surface area contributed by atoms with E-state index in [0.29, 0.717) is 61.5 Å². The van der Waals surface area contributed by atoms with Gasteiger partial charge in [-0.2, -0.15) is 0 Å². The summed E-state index contributed by atoms with van der Waals surface area (Å²) in [5, 5.41) is 0.440. The summed E-state index contributed by atoms with van der Waals surface area (Å²) in [5.41, 5.74) is 9.15. The summed E-state index contributed by atoms with van der Waals surface area (Å²) in [6.45, 7) is 3.33. The summed E-state index contributed by atoms with van der Waals surface area (Å²) in [7, 11) is 0. The van der Waals surface area contributed by atoms with Crippen LogP contribution >= 0.6 is 11.3 Å². The van der Waals surface area contributed by atoms with Crippen LogP contribution in [-0.2, 0) is 17.8 Å². The Morgan fingerprint density at radius 3 is 2.60 bits per heavy atom. The molecule has 2 aromatic heterocycles. The molecular weight excluding hydrogens is 616 g/mol. The first-order valence-electron chi connectivity index (χ1n) is 15.9. The van der Waals surface area contributed by atoms with Crippen molar-refractivity contribution in [2.75, 3.05) is 45.3 Å². The molecule has 3 aromatic carbocycles. The second-order valence-corrected chi connectivity index (χ2v) is 12.7. The number of thiazole rings is 1. The topological polar surface area (TPSA) is 125 Å². The lowest BCUT2D eigenvalue weighted by atomic mass is 10.1. The number of fused-ring (bicyclic) bond motifs is 6. The maximum absolute atomic E-state index is 14.0. The van der Waals surface area contributed by atoms with E-state index in [1.807, 2.05) is 76.7 Å². The smallest absolute Gasteiger partial charge is 0.255 e. The lowest BCUT2D eigenvalue weighted by Gasteiger charge is -2.25. The largest absolute Gasteiger partial charge is 0.492 e. The van der Waals surface area contributed by atoms with Crippen molar-refractivity contribution in [3.05, 3.63) is 84.2 Å². The fourth-order valence-corrected chi connectivity index (χ4v) is 6.94. The maximum atomic E-state index is 14.0. The fraction of sp³-hybridized carbons (Fsp3) is 0.314. The Kier molecular flexibility index (Phi) is 8.92. The monoisotopic (exact) mass is 652 g/mol. The number of aryl methyl sites for hydroxylation is 1. The zero-order valence-corrected chi connectivity index (χ0v) is 26.8. The molecule has 0 saturated carbocycles. The first kappa shape index (κ1) is 30.5. The number of nitrogens with two attached hydrogens (primary N) is 1. The van der Waals surface area contributed by atoms with Gasteiger partial charge in [-0.1, -0.05) is 35.6 Å². The number of amides is 2. The number of aromatic nitrogens is 3. The molecule has 5 aromatic rings. The van der Waals surface area contributed by atoms with E-state index in [9.17, 15) is 9.59 Å². The van der Waals surface area contributed by atoms with E-state index in [0.717, 1.165) is 52.2 Å². The van der Waals surface area contributed by atoms with Gasteiger partial charge in [0.25, 0.3) is 5.91 Å². The van der Waals surface area contributed by atoms with Crippen LogP contribution in [0.4, 0.5) is 5.13 Å². The zero-order valence-electron chi connectivity index (χ0n) is 26.0. The van der Waals surface area contributed by atoms with E-state index in [2.05, 4.69) is 14.5 Å². The van der Waals surface area contributed by atoms with Crippen LogP contribution in [0.3, 0.4) is 0 Å². The predicted octanol–water partition coefficient (Wildman–Crippen LogP) is 5.25. The van der Waals surface area contributed by atoms with Crippen molar-refractivity contribution in [3.8, 4) is 28.6 Å². The molecular formula is C35H36N6O5S. The van der Waals surface area contributed by atoms with Gasteiger partial charge in [0.05, 0.1) is 28.7 Å². The summed E-state index contributed by atoms with van der Waals surface area (Å²) >= 11 is 1.33. The fourth-order valence-electron chi connectivity index (χ4n) is 6.10. The number of nitrogens with zero attached hydrogens (tertiary/aromatic N) is 5. The van der Waals surface area contributed by atoms with Crippen molar-refractivity contribution >= 4 is 38.5 Å². The normalized spacial score (nSPS) is 15.6. The molecule has 2 aliphatic rings. The Bertz CT molecular complexity index is 1900. The molecule has 47 heavy (non-hydrogen) atoms. The molecule has 242 valence electrons. The average molecular weight is 653 g/mol. The molecule has 11 nitrogen and oxygen atoms in total. The highest BCUT2D eigenvalue weighted by Gasteiger charge is 2.22. The maximum Gasteiger partial charge on any atom is 0.255 e. The number of hydrogen-bond acceptors (Lipinski definition) is 9. The van der Waals surface area contributed by atoms with Gasteiger partial charge in [-0.15, -0.1) is 0 Å². The third-order valence-corrected chi connectivity index (χ3v) is 9.40. The minimum absolute atomic E-state index is 0.00329. The summed E-state index contributed by atoms with van der Waals surface area (Å²) in [6, 6.07) is 19.1. The van der Waals surface area contributed by atoms with Crippen LogP contribution in [0.25, 0.3) is 21.6 Å². The molecule has 7 rings (SSSR count). The lowest BCUT2D eigenvalue weighted by Crippen LogP contribution is -2.37. The Morgan fingerprint density at radius 1 is 0.851 bits per heavy atom. The minimum atomic E-state index is -0.0418. The van der Waals surface area contributed by atoms with Gasteiger partial charge in [0, 0.05) is 44.1 Å². The molecule has 2 aliphatic heterocycles. The standard InChI is InChI=1S/C35H36N6O5S/c36-35-38-28-9-4-8-27(32(28)47-35)34(43)41-14-2-1-13-39(31(42)21-24-10-11-29-30(20-24)46-23-45-29)18-19-44-26-7-3-6-25(22-26)33-37-12-17-40(33)15-5-16-41/h3-4,6-12,17,20,22H,1-2,5,13-16,18-19,21,23H2,(H2,36,38). The van der Waals surface area contributed by atoms with Crippen molar-refractivity contribution in [1.82, 2.24) is 24.3 Å². The van der Waals surface area contributed by atoms with Gasteiger partial charge >= 0.3 is 0 Å². The van der Waals surface area contributed by atoms with E-state index in [1.54, 1.807) is 6.20 Å². The van der Waals surface area contributed by atoms with Crippen LogP contribution in [0, 0.1) is 0 Å². The summed E-state index contributed by atoms with van der Waals surface area (Å²) in [5.74, 6) is 2.87. The van der Waals surface area contributed by atoms with Crippen LogP contribution in [0.15, 0.2) is 73.1 Å². The van der Waals surface area contributed by atoms with Crippen LogP contribution in [-0.4, -0.2) is 75.7 Å². The summed E-state index contributed by atoms with van der Waals surface area (Å²) < 4.78 is 20.0. The Balaban J connectivity index is 1.12. The van der Waals surface area contributed by atoms with Crippen molar-refractivity contribution in [3.63, 3.8) is 0 Å². The summed E-state index contributed by atoms with van der Waals surface area (Å²) in [6.07, 6.45) is 6.21. The molecule has 4 heterocycles. The van der Waals surface area contributed by atoms with Gasteiger partial charge < -0.3 is 34.3 Å². The predicted molar refractivity (Wildman–Crippen MR) is 180 cm³/mol. The number of ether oxygens (including phenoxy) is 3. The number of anilines is 1. The van der Waals surface area contributed by atoms with Gasteiger partial charge in [0.2, 0.25) is 12.7 Å². The second kappa shape index (κ2) is 13.7. The number of carbonyl (C=O) groups excluding carboxylic acids is 2. The summed E-state index contributed by atoms with van der Waals surface area (Å²) in [4.78, 5) is 40.4. The highest BCUT2D eigenvalue weighted by atomic mass is 32.1. The first-order chi connectivity index (χ1) is 23.0. The quantitative estimate of drug-likeness (QED) is 0.280. The van der Waals surface area contributed by atoms with Gasteiger partial charge in [0.15, 0.2) is 16.6 Å². The highest BCUT2D eigenvalue weighted by Crippen LogP contribution is 2.33. The van der Waals surface area contributed by atoms with E-state index in [4.69, 9.17) is 19.9 Å². The molecule has 0 spiro atoms. The number of nitrogen functional groups attached to an aromatic ring is 1. The van der Waals surface area contributed by atoms with Gasteiger partial charge in [-0.25, -0.2) is 9.97 Å². The molecule has 2 amide bonds.